The molecule has 0 aliphatic heterocycles. The molecule has 16 heavy (non-hydrogen) atoms. The van der Waals surface area contributed by atoms with Gasteiger partial charge in [0.15, 0.2) is 0 Å². The molecule has 0 aromatic heterocycles. The third-order valence-electron chi connectivity index (χ3n) is 1.67. The molecule has 0 spiro atoms. The van der Waals surface area contributed by atoms with Crippen molar-refractivity contribution in [3.63, 3.8) is 0 Å². The standard InChI is InChI=1S/C10H12O6/c1-3-4-16-10(15)6(2)7(9(13)14)5-8(11)12/h3-4,7H,2,5H2,1H3,(H,11,12)(H,13,14)/b4-3+. The van der Waals surface area contributed by atoms with Gasteiger partial charge < -0.3 is 14.9 Å². The number of ether oxygens (including phenoxy) is 1. The number of carbonyl (C=O) groups is 3. The van der Waals surface area contributed by atoms with E-state index in [9.17, 15) is 14.4 Å². The van der Waals surface area contributed by atoms with Crippen molar-refractivity contribution >= 4 is 17.9 Å². The fourth-order valence-corrected chi connectivity index (χ4v) is 0.882. The van der Waals surface area contributed by atoms with Crippen molar-refractivity contribution in [1.82, 2.24) is 0 Å². The average Bonchev–Trinajstić information content (AvgIpc) is 2.20. The van der Waals surface area contributed by atoms with E-state index in [1.165, 1.54) is 6.08 Å². The van der Waals surface area contributed by atoms with Crippen LogP contribution in [0, 0.1) is 5.92 Å². The highest BCUT2D eigenvalue weighted by Gasteiger charge is 2.28. The summed E-state index contributed by atoms with van der Waals surface area (Å²) >= 11 is 0. The van der Waals surface area contributed by atoms with Gasteiger partial charge in [0.1, 0.15) is 0 Å². The smallest absolute Gasteiger partial charge is 0.339 e. The van der Waals surface area contributed by atoms with Crippen molar-refractivity contribution < 1.29 is 29.3 Å². The van der Waals surface area contributed by atoms with E-state index in [1.54, 1.807) is 6.92 Å². The Hall–Kier alpha value is -2.11. The van der Waals surface area contributed by atoms with Crippen LogP contribution >= 0.6 is 0 Å². The molecule has 0 fully saturated rings. The number of allylic oxidation sites excluding steroid dienone is 1. The molecule has 0 saturated heterocycles. The summed E-state index contributed by atoms with van der Waals surface area (Å²) in [5.41, 5.74) is -0.395. The molecule has 1 unspecified atom stereocenters. The molecule has 0 aliphatic rings. The van der Waals surface area contributed by atoms with Crippen molar-refractivity contribution in [3.05, 3.63) is 24.5 Å². The van der Waals surface area contributed by atoms with Gasteiger partial charge in [-0.1, -0.05) is 12.7 Å². The lowest BCUT2D eigenvalue weighted by atomic mass is 9.97. The summed E-state index contributed by atoms with van der Waals surface area (Å²) in [5, 5.41) is 17.2. The molecule has 0 heterocycles. The van der Waals surface area contributed by atoms with Crippen LogP contribution in [-0.4, -0.2) is 28.1 Å². The summed E-state index contributed by atoms with van der Waals surface area (Å²) in [5.74, 6) is -5.18. The Labute approximate surface area is 91.8 Å². The molecule has 0 rings (SSSR count). The van der Waals surface area contributed by atoms with Crippen molar-refractivity contribution in [1.29, 1.82) is 0 Å². The zero-order valence-electron chi connectivity index (χ0n) is 8.67. The fourth-order valence-electron chi connectivity index (χ4n) is 0.882. The summed E-state index contributed by atoms with van der Waals surface area (Å²) in [6.45, 7) is 4.83. The van der Waals surface area contributed by atoms with E-state index in [4.69, 9.17) is 10.2 Å². The van der Waals surface area contributed by atoms with Gasteiger partial charge in [0.25, 0.3) is 0 Å². The molecule has 2 N–H and O–H groups in total. The minimum absolute atomic E-state index is 0.395. The Morgan fingerprint density at radius 2 is 1.94 bits per heavy atom. The molecule has 6 heteroatoms. The zero-order chi connectivity index (χ0) is 12.7. The van der Waals surface area contributed by atoms with Gasteiger partial charge in [-0.05, 0) is 6.92 Å². The predicted octanol–water partition coefficient (Wildman–Crippen LogP) is 0.795. The number of carboxylic acid groups (broad SMARTS) is 2. The molecule has 0 bridgehead atoms. The first-order valence-corrected chi connectivity index (χ1v) is 4.35. The van der Waals surface area contributed by atoms with Crippen LogP contribution in [0.25, 0.3) is 0 Å². The summed E-state index contributed by atoms with van der Waals surface area (Å²) in [6, 6.07) is 0. The molecule has 6 nitrogen and oxygen atoms in total. The van der Waals surface area contributed by atoms with Gasteiger partial charge in [0.2, 0.25) is 0 Å². The van der Waals surface area contributed by atoms with E-state index in [1.807, 2.05) is 0 Å². The molecule has 1 atom stereocenters. The average molecular weight is 228 g/mol. The lowest BCUT2D eigenvalue weighted by Crippen LogP contribution is -2.24. The van der Waals surface area contributed by atoms with E-state index in [0.29, 0.717) is 0 Å². The number of carbonyl (C=O) groups excluding carboxylic acids is 1. The SMILES string of the molecule is C=C(C(=O)O/C=C/C)C(CC(=O)O)C(=O)O. The van der Waals surface area contributed by atoms with E-state index in [-0.39, 0.29) is 0 Å². The van der Waals surface area contributed by atoms with Crippen molar-refractivity contribution in [2.45, 2.75) is 13.3 Å². The third kappa shape index (κ3) is 4.41. The van der Waals surface area contributed by atoms with Crippen LogP contribution in [0.3, 0.4) is 0 Å². The molecule has 0 saturated carbocycles. The lowest BCUT2D eigenvalue weighted by Gasteiger charge is -2.10. The van der Waals surface area contributed by atoms with E-state index in [2.05, 4.69) is 11.3 Å². The summed E-state index contributed by atoms with van der Waals surface area (Å²) < 4.78 is 4.49. The van der Waals surface area contributed by atoms with Crippen LogP contribution in [0.1, 0.15) is 13.3 Å². The maximum absolute atomic E-state index is 11.2. The quantitative estimate of drug-likeness (QED) is 0.396. The first-order chi connectivity index (χ1) is 7.40. The van der Waals surface area contributed by atoms with Gasteiger partial charge in [-0.15, -0.1) is 0 Å². The molecular formula is C10H12O6. The summed E-state index contributed by atoms with van der Waals surface area (Å²) in [6.07, 6.45) is 1.78. The van der Waals surface area contributed by atoms with Crippen LogP contribution in [0.5, 0.6) is 0 Å². The maximum Gasteiger partial charge on any atom is 0.339 e. The van der Waals surface area contributed by atoms with Gasteiger partial charge >= 0.3 is 17.9 Å². The van der Waals surface area contributed by atoms with Gasteiger partial charge in [-0.3, -0.25) is 9.59 Å². The highest BCUT2D eigenvalue weighted by Crippen LogP contribution is 2.15. The van der Waals surface area contributed by atoms with Gasteiger partial charge in [0, 0.05) is 5.57 Å². The van der Waals surface area contributed by atoms with Crippen LogP contribution < -0.4 is 0 Å². The Morgan fingerprint density at radius 1 is 1.38 bits per heavy atom. The minimum atomic E-state index is -1.48. The number of hydrogen-bond donors (Lipinski definition) is 2. The molecule has 0 aromatic carbocycles. The largest absolute Gasteiger partial charge is 0.481 e. The molecule has 0 aromatic rings. The molecule has 0 radical (unpaired) electrons. The lowest BCUT2D eigenvalue weighted by molar-refractivity contribution is -0.148. The molecular weight excluding hydrogens is 216 g/mol. The van der Waals surface area contributed by atoms with E-state index < -0.39 is 35.8 Å². The first kappa shape index (κ1) is 13.9. The normalized spacial score (nSPS) is 12.1. The van der Waals surface area contributed by atoms with Gasteiger partial charge in [-0.25, -0.2) is 4.79 Å². The van der Waals surface area contributed by atoms with Gasteiger partial charge in [-0.2, -0.15) is 0 Å². The monoisotopic (exact) mass is 228 g/mol. The van der Waals surface area contributed by atoms with E-state index in [0.717, 1.165) is 6.26 Å². The number of carboxylic acids is 2. The molecule has 0 amide bonds. The van der Waals surface area contributed by atoms with Crippen molar-refractivity contribution in [2.75, 3.05) is 0 Å². The molecule has 0 aliphatic carbocycles. The third-order valence-corrected chi connectivity index (χ3v) is 1.67. The fraction of sp³-hybridized carbons (Fsp3) is 0.300. The van der Waals surface area contributed by atoms with Crippen molar-refractivity contribution in [2.24, 2.45) is 5.92 Å². The number of esters is 1. The number of aliphatic carboxylic acids is 2. The Bertz CT molecular complexity index is 341. The Kier molecular flexibility index (Phi) is 5.55. The first-order valence-electron chi connectivity index (χ1n) is 4.35. The van der Waals surface area contributed by atoms with Crippen LogP contribution in [0.15, 0.2) is 24.5 Å². The second-order valence-electron chi connectivity index (χ2n) is 2.89. The topological polar surface area (TPSA) is 101 Å². The Morgan fingerprint density at radius 3 is 2.31 bits per heavy atom. The summed E-state index contributed by atoms with van der Waals surface area (Å²) in [4.78, 5) is 32.3. The summed E-state index contributed by atoms with van der Waals surface area (Å²) in [7, 11) is 0. The second kappa shape index (κ2) is 6.39. The van der Waals surface area contributed by atoms with E-state index >= 15 is 0 Å². The minimum Gasteiger partial charge on any atom is -0.481 e. The van der Waals surface area contributed by atoms with Crippen LogP contribution in [-0.2, 0) is 19.1 Å². The predicted molar refractivity (Wildman–Crippen MR) is 53.4 cm³/mol. The number of rotatable bonds is 6. The highest BCUT2D eigenvalue weighted by molar-refractivity contribution is 5.96. The highest BCUT2D eigenvalue weighted by atomic mass is 16.5. The second-order valence-corrected chi connectivity index (χ2v) is 2.89. The maximum atomic E-state index is 11.2. The Balaban J connectivity index is 4.67. The van der Waals surface area contributed by atoms with Crippen molar-refractivity contribution in [3.8, 4) is 0 Å². The zero-order valence-corrected chi connectivity index (χ0v) is 8.67. The van der Waals surface area contributed by atoms with Crippen LogP contribution in [0.2, 0.25) is 0 Å². The number of hydrogen-bond acceptors (Lipinski definition) is 4. The molecule has 88 valence electrons. The van der Waals surface area contributed by atoms with Crippen LogP contribution in [0.4, 0.5) is 0 Å². The van der Waals surface area contributed by atoms with Gasteiger partial charge in [0.05, 0.1) is 18.6 Å².